The fourth-order valence-electron chi connectivity index (χ4n) is 4.08. The molecule has 2 N–H and O–H groups in total. The maximum atomic E-state index is 12.6. The summed E-state index contributed by atoms with van der Waals surface area (Å²) in [5, 5.41) is 15.7. The molecule has 0 bridgehead atoms. The number of rotatable bonds is 3. The van der Waals surface area contributed by atoms with Gasteiger partial charge in [0, 0.05) is 38.1 Å². The summed E-state index contributed by atoms with van der Waals surface area (Å²) in [4.78, 5) is 23.7. The molecule has 0 unspecified atom stereocenters. The first-order valence-electron chi connectivity index (χ1n) is 9.66. The zero-order valence-electron chi connectivity index (χ0n) is 15.9. The topological polar surface area (TPSA) is 103 Å². The number of benzene rings is 1. The number of carbonyl (C=O) groups excluding carboxylic acids is 1. The minimum Gasteiger partial charge on any atom is -0.378 e. The SMILES string of the molecule is C[C@H]1C[C@@H](NC(=O)[C@@H]2COCCN2)CN(c2ccc(C#N)c3nccnc23)C1. The Hall–Kier alpha value is -2.76. The van der Waals surface area contributed by atoms with Crippen LogP contribution >= 0.6 is 0 Å². The molecule has 1 amide bonds. The van der Waals surface area contributed by atoms with Crippen molar-refractivity contribution in [3.63, 3.8) is 0 Å². The number of nitrogens with zero attached hydrogens (tertiary/aromatic N) is 4. The lowest BCUT2D eigenvalue weighted by Crippen LogP contribution is -2.57. The number of hydrogen-bond donors (Lipinski definition) is 2. The van der Waals surface area contributed by atoms with Gasteiger partial charge in [-0.2, -0.15) is 5.26 Å². The highest BCUT2D eigenvalue weighted by molar-refractivity contribution is 5.92. The van der Waals surface area contributed by atoms with Crippen LogP contribution in [0.5, 0.6) is 0 Å². The monoisotopic (exact) mass is 380 g/mol. The molecule has 2 saturated heterocycles. The number of ether oxygens (including phenoxy) is 1. The third-order valence-corrected chi connectivity index (χ3v) is 5.31. The van der Waals surface area contributed by atoms with Gasteiger partial charge in [-0.05, 0) is 24.5 Å². The van der Waals surface area contributed by atoms with Gasteiger partial charge in [-0.1, -0.05) is 6.92 Å². The third kappa shape index (κ3) is 3.77. The molecule has 3 atom stereocenters. The Morgan fingerprint density at radius 2 is 2.14 bits per heavy atom. The fraction of sp³-hybridized carbons (Fsp3) is 0.500. The van der Waals surface area contributed by atoms with E-state index in [-0.39, 0.29) is 18.0 Å². The lowest BCUT2D eigenvalue weighted by atomic mass is 9.94. The summed E-state index contributed by atoms with van der Waals surface area (Å²) in [6, 6.07) is 5.66. The van der Waals surface area contributed by atoms with Crippen molar-refractivity contribution in [2.75, 3.05) is 37.7 Å². The van der Waals surface area contributed by atoms with Crippen LogP contribution in [0.4, 0.5) is 5.69 Å². The number of amides is 1. The molecule has 8 nitrogen and oxygen atoms in total. The Morgan fingerprint density at radius 3 is 2.89 bits per heavy atom. The number of hydrogen-bond acceptors (Lipinski definition) is 7. The van der Waals surface area contributed by atoms with Gasteiger partial charge >= 0.3 is 0 Å². The minimum absolute atomic E-state index is 0.0109. The smallest absolute Gasteiger partial charge is 0.239 e. The lowest BCUT2D eigenvalue weighted by molar-refractivity contribution is -0.126. The number of carbonyl (C=O) groups is 1. The van der Waals surface area contributed by atoms with Crippen LogP contribution in [0.1, 0.15) is 18.9 Å². The Bertz CT molecular complexity index is 905. The van der Waals surface area contributed by atoms with Gasteiger partial charge in [-0.25, -0.2) is 0 Å². The molecule has 146 valence electrons. The van der Waals surface area contributed by atoms with Crippen molar-refractivity contribution in [2.24, 2.45) is 5.92 Å². The number of piperidine rings is 1. The van der Waals surface area contributed by atoms with Crippen molar-refractivity contribution in [3.05, 3.63) is 30.1 Å². The van der Waals surface area contributed by atoms with E-state index >= 15 is 0 Å². The van der Waals surface area contributed by atoms with Crippen LogP contribution in [0.2, 0.25) is 0 Å². The second-order valence-electron chi connectivity index (χ2n) is 7.53. The maximum Gasteiger partial charge on any atom is 0.239 e. The highest BCUT2D eigenvalue weighted by Gasteiger charge is 2.30. The number of nitrogens with one attached hydrogen (secondary N) is 2. The van der Waals surface area contributed by atoms with Crippen LogP contribution in [0.3, 0.4) is 0 Å². The van der Waals surface area contributed by atoms with Crippen LogP contribution in [0, 0.1) is 17.2 Å². The summed E-state index contributed by atoms with van der Waals surface area (Å²) >= 11 is 0. The van der Waals surface area contributed by atoms with Crippen molar-refractivity contribution in [3.8, 4) is 6.07 Å². The molecule has 2 fully saturated rings. The number of nitriles is 1. The highest BCUT2D eigenvalue weighted by atomic mass is 16.5. The van der Waals surface area contributed by atoms with Gasteiger partial charge in [0.05, 0.1) is 24.5 Å². The molecule has 8 heteroatoms. The van der Waals surface area contributed by atoms with Gasteiger partial charge in [0.2, 0.25) is 5.91 Å². The third-order valence-electron chi connectivity index (χ3n) is 5.31. The molecule has 2 aliphatic heterocycles. The van der Waals surface area contributed by atoms with Crippen LogP contribution in [0.15, 0.2) is 24.5 Å². The standard InChI is InChI=1S/C20H24N6O2/c1-13-8-15(25-20(27)16-12-28-7-6-22-16)11-26(10-13)17-3-2-14(9-21)18-19(17)24-5-4-23-18/h2-5,13,15-16,22H,6-8,10-12H2,1H3,(H,25,27)/t13-,15+,16-/m0/s1. The fourth-order valence-corrected chi connectivity index (χ4v) is 4.08. The van der Waals surface area contributed by atoms with Gasteiger partial charge < -0.3 is 20.3 Å². The molecule has 3 heterocycles. The zero-order valence-corrected chi connectivity index (χ0v) is 15.9. The molecular formula is C20H24N6O2. The van der Waals surface area contributed by atoms with E-state index in [0.717, 1.165) is 24.2 Å². The molecule has 0 aliphatic carbocycles. The van der Waals surface area contributed by atoms with Gasteiger partial charge in [0.1, 0.15) is 23.1 Å². The molecular weight excluding hydrogens is 356 g/mol. The summed E-state index contributed by atoms with van der Waals surface area (Å²) in [6.45, 7) is 5.50. The number of anilines is 1. The number of aromatic nitrogens is 2. The Morgan fingerprint density at radius 1 is 1.32 bits per heavy atom. The average molecular weight is 380 g/mol. The molecule has 0 saturated carbocycles. The molecule has 2 aromatic rings. The summed E-state index contributed by atoms with van der Waals surface area (Å²) in [5.74, 6) is 0.403. The van der Waals surface area contributed by atoms with Crippen molar-refractivity contribution in [1.29, 1.82) is 5.26 Å². The number of fused-ring (bicyclic) bond motifs is 1. The van der Waals surface area contributed by atoms with E-state index in [4.69, 9.17) is 4.74 Å². The second kappa shape index (κ2) is 8.09. The van der Waals surface area contributed by atoms with Crippen LogP contribution in [0.25, 0.3) is 11.0 Å². The summed E-state index contributed by atoms with van der Waals surface area (Å²) in [6.07, 6.45) is 4.18. The molecule has 28 heavy (non-hydrogen) atoms. The zero-order chi connectivity index (χ0) is 19.5. The van der Waals surface area contributed by atoms with Gasteiger partial charge in [-0.3, -0.25) is 14.8 Å². The maximum absolute atomic E-state index is 12.6. The summed E-state index contributed by atoms with van der Waals surface area (Å²) in [7, 11) is 0. The van der Waals surface area contributed by atoms with E-state index in [1.165, 1.54) is 0 Å². The van der Waals surface area contributed by atoms with Crippen molar-refractivity contribution < 1.29 is 9.53 Å². The van der Waals surface area contributed by atoms with Gasteiger partial charge in [0.25, 0.3) is 0 Å². The van der Waals surface area contributed by atoms with E-state index in [1.54, 1.807) is 18.5 Å². The Balaban J connectivity index is 1.55. The van der Waals surface area contributed by atoms with E-state index in [1.807, 2.05) is 6.07 Å². The van der Waals surface area contributed by atoms with E-state index in [2.05, 4.69) is 38.5 Å². The summed E-state index contributed by atoms with van der Waals surface area (Å²) < 4.78 is 5.40. The normalized spacial score (nSPS) is 25.3. The predicted molar refractivity (Wildman–Crippen MR) is 105 cm³/mol. The molecule has 2 aliphatic rings. The van der Waals surface area contributed by atoms with Crippen LogP contribution in [-0.2, 0) is 9.53 Å². The van der Waals surface area contributed by atoms with Gasteiger partial charge in [0.15, 0.2) is 0 Å². The second-order valence-corrected chi connectivity index (χ2v) is 7.53. The molecule has 1 aromatic carbocycles. The average Bonchev–Trinajstić information content (AvgIpc) is 2.73. The van der Waals surface area contributed by atoms with Crippen LogP contribution < -0.4 is 15.5 Å². The molecule has 4 rings (SSSR count). The van der Waals surface area contributed by atoms with Crippen molar-refractivity contribution in [2.45, 2.75) is 25.4 Å². The Labute approximate surface area is 163 Å². The van der Waals surface area contributed by atoms with E-state index in [0.29, 0.717) is 43.3 Å². The van der Waals surface area contributed by atoms with Crippen molar-refractivity contribution >= 4 is 22.6 Å². The lowest BCUT2D eigenvalue weighted by Gasteiger charge is -2.39. The molecule has 1 aromatic heterocycles. The van der Waals surface area contributed by atoms with Gasteiger partial charge in [-0.15, -0.1) is 0 Å². The number of morpholine rings is 1. The first kappa shape index (κ1) is 18.6. The predicted octanol–water partition coefficient (Wildman–Crippen LogP) is 0.821. The minimum atomic E-state index is -0.291. The van der Waals surface area contributed by atoms with Crippen LogP contribution in [-0.4, -0.2) is 60.8 Å². The largest absolute Gasteiger partial charge is 0.378 e. The molecule has 0 spiro atoms. The Kier molecular flexibility index (Phi) is 5.37. The first-order valence-corrected chi connectivity index (χ1v) is 9.66. The first-order chi connectivity index (χ1) is 13.7. The van der Waals surface area contributed by atoms with E-state index < -0.39 is 0 Å². The van der Waals surface area contributed by atoms with Crippen molar-refractivity contribution in [1.82, 2.24) is 20.6 Å². The highest BCUT2D eigenvalue weighted by Crippen LogP contribution is 2.30. The van der Waals surface area contributed by atoms with E-state index in [9.17, 15) is 10.1 Å². The quantitative estimate of drug-likeness (QED) is 0.813. The molecule has 0 radical (unpaired) electrons. The summed E-state index contributed by atoms with van der Waals surface area (Å²) in [5.41, 5.74) is 2.81.